The van der Waals surface area contributed by atoms with E-state index < -0.39 is 6.04 Å². The number of rotatable bonds is 9. The lowest BCUT2D eigenvalue weighted by Crippen LogP contribution is -2.31. The molecule has 4 rings (SSSR count). The molecule has 0 bridgehead atoms. The lowest BCUT2D eigenvalue weighted by atomic mass is 9.94. The molecule has 0 saturated heterocycles. The van der Waals surface area contributed by atoms with Gasteiger partial charge in [0.05, 0.1) is 32.6 Å². The monoisotopic (exact) mass is 495 g/mol. The van der Waals surface area contributed by atoms with Crippen LogP contribution in [0.4, 0.5) is 11.6 Å². The number of methoxy groups -OCH3 is 3. The van der Waals surface area contributed by atoms with E-state index in [1.165, 1.54) is 0 Å². The van der Waals surface area contributed by atoms with Crippen LogP contribution < -0.4 is 24.8 Å². The molecular formula is C25H29N5O4S. The number of carbonyl (C=O) groups excluding carboxylic acids is 1. The fourth-order valence-electron chi connectivity index (χ4n) is 3.95. The average molecular weight is 496 g/mol. The van der Waals surface area contributed by atoms with Crippen molar-refractivity contribution < 1.29 is 19.0 Å². The highest BCUT2D eigenvalue weighted by molar-refractivity contribution is 7.99. The quantitative estimate of drug-likeness (QED) is 0.411. The molecule has 0 saturated carbocycles. The van der Waals surface area contributed by atoms with Gasteiger partial charge in [0.25, 0.3) is 5.91 Å². The maximum absolute atomic E-state index is 13.7. The first-order valence-electron chi connectivity index (χ1n) is 11.2. The molecule has 1 atom stereocenters. The summed E-state index contributed by atoms with van der Waals surface area (Å²) in [4.78, 5) is 18.4. The molecule has 2 N–H and O–H groups in total. The van der Waals surface area contributed by atoms with Gasteiger partial charge in [0.1, 0.15) is 11.8 Å². The summed E-state index contributed by atoms with van der Waals surface area (Å²) in [7, 11) is 4.74. The molecular weight excluding hydrogens is 466 g/mol. The number of thioether (sulfide) groups is 1. The fourth-order valence-corrected chi connectivity index (χ4v) is 4.63. The number of nitrogens with one attached hydrogen (secondary N) is 2. The lowest BCUT2D eigenvalue weighted by molar-refractivity contribution is -0.113. The third-order valence-corrected chi connectivity index (χ3v) is 6.64. The van der Waals surface area contributed by atoms with E-state index in [1.54, 1.807) is 49.9 Å². The van der Waals surface area contributed by atoms with Crippen LogP contribution >= 0.6 is 11.8 Å². The van der Waals surface area contributed by atoms with Crippen molar-refractivity contribution in [2.75, 3.05) is 37.7 Å². The smallest absolute Gasteiger partial charge is 0.255 e. The molecule has 3 aromatic rings. The highest BCUT2D eigenvalue weighted by Gasteiger charge is 2.35. The van der Waals surface area contributed by atoms with E-state index in [2.05, 4.69) is 22.5 Å². The van der Waals surface area contributed by atoms with Gasteiger partial charge < -0.3 is 24.8 Å². The summed E-state index contributed by atoms with van der Waals surface area (Å²) in [5, 5.41) is 11.7. The predicted octanol–water partition coefficient (Wildman–Crippen LogP) is 4.73. The van der Waals surface area contributed by atoms with Gasteiger partial charge in [-0.15, -0.1) is 5.10 Å². The third kappa shape index (κ3) is 4.93. The Morgan fingerprint density at radius 2 is 1.83 bits per heavy atom. The zero-order valence-corrected chi connectivity index (χ0v) is 21.2. The largest absolute Gasteiger partial charge is 0.495 e. The molecule has 1 unspecified atom stereocenters. The van der Waals surface area contributed by atoms with E-state index in [9.17, 15) is 4.79 Å². The minimum Gasteiger partial charge on any atom is -0.495 e. The van der Waals surface area contributed by atoms with Crippen LogP contribution in [0.1, 0.15) is 31.9 Å². The summed E-state index contributed by atoms with van der Waals surface area (Å²) < 4.78 is 18.1. The molecule has 1 amide bonds. The van der Waals surface area contributed by atoms with Crippen LogP contribution in [0, 0.1) is 0 Å². The summed E-state index contributed by atoms with van der Waals surface area (Å²) in [5.41, 5.74) is 2.58. The second-order valence-corrected chi connectivity index (χ2v) is 8.91. The van der Waals surface area contributed by atoms with Crippen molar-refractivity contribution in [3.8, 4) is 17.2 Å². The first-order valence-corrected chi connectivity index (χ1v) is 12.2. The SMILES string of the molecule is CCCSc1nc2n(n1)C(c1ccc(OC)c(OC)c1)C(C(=O)Nc1ccccc1OC)=C(C)N2. The summed E-state index contributed by atoms with van der Waals surface area (Å²) >= 11 is 1.58. The zero-order chi connectivity index (χ0) is 24.9. The number of aromatic nitrogens is 3. The van der Waals surface area contributed by atoms with Crippen LogP contribution in [0.25, 0.3) is 0 Å². The molecule has 9 nitrogen and oxygen atoms in total. The van der Waals surface area contributed by atoms with E-state index in [-0.39, 0.29) is 5.91 Å². The molecule has 1 aromatic heterocycles. The van der Waals surface area contributed by atoms with Gasteiger partial charge in [0, 0.05) is 11.4 Å². The molecule has 184 valence electrons. The molecule has 1 aliphatic rings. The molecule has 0 fully saturated rings. The molecule has 0 aliphatic carbocycles. The number of para-hydroxylation sites is 2. The number of hydrogen-bond donors (Lipinski definition) is 2. The van der Waals surface area contributed by atoms with Gasteiger partial charge in [0.15, 0.2) is 11.5 Å². The number of benzene rings is 2. The van der Waals surface area contributed by atoms with Gasteiger partial charge in [0.2, 0.25) is 11.1 Å². The summed E-state index contributed by atoms with van der Waals surface area (Å²) in [6.07, 6.45) is 1.00. The van der Waals surface area contributed by atoms with Crippen LogP contribution in [-0.4, -0.2) is 47.8 Å². The standard InChI is InChI=1S/C25H29N5O4S/c1-6-13-35-25-28-24-26-15(2)21(23(31)27-17-9-7-8-10-18(17)32-3)22(30(24)29-25)16-11-12-19(33-4)20(14-16)34-5/h7-12,14,22H,6,13H2,1-5H3,(H,27,31)(H,26,28,29). The number of hydrogen-bond acceptors (Lipinski definition) is 8. The van der Waals surface area contributed by atoms with Crippen molar-refractivity contribution in [3.63, 3.8) is 0 Å². The van der Waals surface area contributed by atoms with Gasteiger partial charge in [-0.3, -0.25) is 4.79 Å². The number of amides is 1. The van der Waals surface area contributed by atoms with Crippen LogP contribution in [0.5, 0.6) is 17.2 Å². The Kier molecular flexibility index (Phi) is 7.50. The topological polar surface area (TPSA) is 99.5 Å². The van der Waals surface area contributed by atoms with Gasteiger partial charge in [-0.2, -0.15) is 4.98 Å². The molecule has 35 heavy (non-hydrogen) atoms. The summed E-state index contributed by atoms with van der Waals surface area (Å²) in [5.74, 6) is 2.94. The molecule has 2 aromatic carbocycles. The van der Waals surface area contributed by atoms with Gasteiger partial charge >= 0.3 is 0 Å². The number of ether oxygens (including phenoxy) is 3. The van der Waals surface area contributed by atoms with E-state index in [0.29, 0.717) is 45.3 Å². The fraction of sp³-hybridized carbons (Fsp3) is 0.320. The van der Waals surface area contributed by atoms with Gasteiger partial charge in [-0.25, -0.2) is 4.68 Å². The van der Waals surface area contributed by atoms with Crippen molar-refractivity contribution in [2.45, 2.75) is 31.5 Å². The second-order valence-electron chi connectivity index (χ2n) is 7.85. The van der Waals surface area contributed by atoms with Crippen molar-refractivity contribution in [2.24, 2.45) is 0 Å². The Morgan fingerprint density at radius 3 is 2.54 bits per heavy atom. The Morgan fingerprint density at radius 1 is 1.09 bits per heavy atom. The van der Waals surface area contributed by atoms with Crippen molar-refractivity contribution in [1.82, 2.24) is 14.8 Å². The van der Waals surface area contributed by atoms with Crippen LogP contribution in [0.3, 0.4) is 0 Å². The molecule has 2 heterocycles. The maximum Gasteiger partial charge on any atom is 0.255 e. The third-order valence-electron chi connectivity index (χ3n) is 5.59. The molecule has 1 aliphatic heterocycles. The van der Waals surface area contributed by atoms with Crippen LogP contribution in [0.15, 0.2) is 58.9 Å². The Balaban J connectivity index is 1.80. The lowest BCUT2D eigenvalue weighted by Gasteiger charge is -2.29. The first kappa shape index (κ1) is 24.5. The predicted molar refractivity (Wildman–Crippen MR) is 137 cm³/mol. The Labute approximate surface area is 208 Å². The Bertz CT molecular complexity index is 1260. The number of nitrogens with zero attached hydrogens (tertiary/aromatic N) is 3. The summed E-state index contributed by atoms with van der Waals surface area (Å²) in [6.45, 7) is 3.97. The Hall–Kier alpha value is -3.66. The number of anilines is 2. The van der Waals surface area contributed by atoms with Crippen molar-refractivity contribution in [3.05, 3.63) is 59.3 Å². The van der Waals surface area contributed by atoms with E-state index in [0.717, 1.165) is 17.7 Å². The number of carbonyl (C=O) groups is 1. The number of fused-ring (bicyclic) bond motifs is 1. The normalized spacial score (nSPS) is 14.7. The van der Waals surface area contributed by atoms with Gasteiger partial charge in [-0.05, 0) is 43.2 Å². The molecule has 0 radical (unpaired) electrons. The first-order chi connectivity index (χ1) is 17.0. The minimum absolute atomic E-state index is 0.275. The van der Waals surface area contributed by atoms with E-state index in [4.69, 9.17) is 19.3 Å². The average Bonchev–Trinajstić information content (AvgIpc) is 3.28. The van der Waals surface area contributed by atoms with Crippen molar-refractivity contribution in [1.29, 1.82) is 0 Å². The maximum atomic E-state index is 13.7. The minimum atomic E-state index is -0.538. The van der Waals surface area contributed by atoms with Crippen LogP contribution in [0.2, 0.25) is 0 Å². The number of allylic oxidation sites excluding steroid dienone is 1. The molecule has 0 spiro atoms. The van der Waals surface area contributed by atoms with Crippen LogP contribution in [-0.2, 0) is 4.79 Å². The van der Waals surface area contributed by atoms with E-state index in [1.807, 2.05) is 37.3 Å². The summed E-state index contributed by atoms with van der Waals surface area (Å²) in [6, 6.07) is 12.4. The zero-order valence-electron chi connectivity index (χ0n) is 20.4. The molecule has 10 heteroatoms. The highest BCUT2D eigenvalue weighted by atomic mass is 32.2. The highest BCUT2D eigenvalue weighted by Crippen LogP contribution is 2.40. The van der Waals surface area contributed by atoms with Gasteiger partial charge in [-0.1, -0.05) is 36.9 Å². The van der Waals surface area contributed by atoms with E-state index >= 15 is 0 Å². The van der Waals surface area contributed by atoms with Crippen molar-refractivity contribution >= 4 is 29.3 Å². The second kappa shape index (κ2) is 10.7.